The predicted molar refractivity (Wildman–Crippen MR) is 70.4 cm³/mol. The fraction of sp³-hybridized carbons (Fsp3) is 0.133. The summed E-state index contributed by atoms with van der Waals surface area (Å²) >= 11 is 0. The maximum absolute atomic E-state index is 13.3. The summed E-state index contributed by atoms with van der Waals surface area (Å²) in [5.74, 6) is -0.976. The van der Waals surface area contributed by atoms with Crippen LogP contribution < -0.4 is 5.32 Å². The minimum Gasteiger partial charge on any atom is -0.375 e. The molecule has 2 rings (SSSR count). The van der Waals surface area contributed by atoms with Crippen LogP contribution in [0.2, 0.25) is 0 Å². The average Bonchev–Trinajstić information content (AvgIpc) is 2.40. The van der Waals surface area contributed by atoms with E-state index in [1.54, 1.807) is 25.1 Å². The highest BCUT2D eigenvalue weighted by Gasteiger charge is 2.09. The number of Topliss-reactive ketones (excluding diaryl/α,β-unsaturated/α-hetero) is 1. The largest absolute Gasteiger partial charge is 0.375 e. The third-order valence-electron chi connectivity index (χ3n) is 2.79. The first-order valence-corrected chi connectivity index (χ1v) is 5.85. The van der Waals surface area contributed by atoms with Gasteiger partial charge >= 0.3 is 0 Å². The molecule has 0 atom stereocenters. The smallest absolute Gasteiger partial charge is 0.181 e. The Balaban J connectivity index is 2.05. The molecule has 19 heavy (non-hydrogen) atoms. The van der Waals surface area contributed by atoms with Crippen molar-refractivity contribution in [1.82, 2.24) is 0 Å². The Morgan fingerprint density at radius 3 is 2.53 bits per heavy atom. The minimum absolute atomic E-state index is 0.0357. The van der Waals surface area contributed by atoms with E-state index in [4.69, 9.17) is 0 Å². The number of rotatable bonds is 4. The van der Waals surface area contributed by atoms with Gasteiger partial charge < -0.3 is 5.32 Å². The van der Waals surface area contributed by atoms with E-state index in [-0.39, 0.29) is 23.8 Å². The van der Waals surface area contributed by atoms with Crippen LogP contribution in [0.1, 0.15) is 15.9 Å². The molecule has 98 valence electrons. The molecule has 2 aromatic rings. The molecule has 0 spiro atoms. The van der Waals surface area contributed by atoms with Crippen molar-refractivity contribution in [3.63, 3.8) is 0 Å². The second-order valence-corrected chi connectivity index (χ2v) is 4.22. The molecule has 0 radical (unpaired) electrons. The van der Waals surface area contributed by atoms with Crippen molar-refractivity contribution < 1.29 is 13.6 Å². The number of ketones is 1. The first kappa shape index (κ1) is 13.2. The summed E-state index contributed by atoms with van der Waals surface area (Å²) in [4.78, 5) is 11.9. The van der Waals surface area contributed by atoms with E-state index in [1.165, 1.54) is 24.3 Å². The summed E-state index contributed by atoms with van der Waals surface area (Å²) in [5, 5.41) is 2.73. The molecular weight excluding hydrogens is 248 g/mol. The quantitative estimate of drug-likeness (QED) is 0.852. The van der Waals surface area contributed by atoms with Crippen LogP contribution in [-0.4, -0.2) is 12.3 Å². The van der Waals surface area contributed by atoms with E-state index in [1.807, 2.05) is 0 Å². The van der Waals surface area contributed by atoms with Crippen LogP contribution in [0.15, 0.2) is 42.5 Å². The summed E-state index contributed by atoms with van der Waals surface area (Å²) in [7, 11) is 0. The van der Waals surface area contributed by atoms with Gasteiger partial charge in [0.1, 0.15) is 11.6 Å². The van der Waals surface area contributed by atoms with Crippen LogP contribution >= 0.6 is 0 Å². The van der Waals surface area contributed by atoms with Crippen molar-refractivity contribution >= 4 is 11.5 Å². The SMILES string of the molecule is Cc1cc(C(=O)CNc2ccccc2F)ccc1F. The molecule has 0 saturated heterocycles. The van der Waals surface area contributed by atoms with E-state index >= 15 is 0 Å². The Hall–Kier alpha value is -2.23. The number of hydrogen-bond acceptors (Lipinski definition) is 2. The zero-order valence-electron chi connectivity index (χ0n) is 10.4. The third kappa shape index (κ3) is 3.16. The van der Waals surface area contributed by atoms with E-state index in [0.29, 0.717) is 11.1 Å². The van der Waals surface area contributed by atoms with Crippen LogP contribution in [0.4, 0.5) is 14.5 Å². The maximum atomic E-state index is 13.3. The van der Waals surface area contributed by atoms with Gasteiger partial charge in [0.2, 0.25) is 0 Å². The van der Waals surface area contributed by atoms with Crippen LogP contribution in [0.25, 0.3) is 0 Å². The van der Waals surface area contributed by atoms with Gasteiger partial charge in [-0.25, -0.2) is 8.78 Å². The molecule has 2 nitrogen and oxygen atoms in total. The van der Waals surface area contributed by atoms with Crippen molar-refractivity contribution in [2.24, 2.45) is 0 Å². The molecule has 0 amide bonds. The van der Waals surface area contributed by atoms with Crippen molar-refractivity contribution in [3.05, 3.63) is 65.2 Å². The van der Waals surface area contributed by atoms with Crippen LogP contribution in [0.5, 0.6) is 0 Å². The standard InChI is InChI=1S/C15H13F2NO/c1-10-8-11(6-7-12(10)16)15(19)9-18-14-5-3-2-4-13(14)17/h2-8,18H,9H2,1H3. The minimum atomic E-state index is -0.411. The lowest BCUT2D eigenvalue weighted by Crippen LogP contribution is -2.15. The molecule has 0 aliphatic rings. The Kier molecular flexibility index (Phi) is 3.90. The molecule has 1 N–H and O–H groups in total. The van der Waals surface area contributed by atoms with Crippen molar-refractivity contribution in [3.8, 4) is 0 Å². The molecule has 0 unspecified atom stereocenters. The van der Waals surface area contributed by atoms with Crippen molar-refractivity contribution in [2.75, 3.05) is 11.9 Å². The molecule has 0 bridgehead atoms. The lowest BCUT2D eigenvalue weighted by Gasteiger charge is -2.07. The molecule has 4 heteroatoms. The fourth-order valence-electron chi connectivity index (χ4n) is 1.70. The van der Waals surface area contributed by atoms with Gasteiger partial charge in [0.15, 0.2) is 5.78 Å². The highest BCUT2D eigenvalue weighted by molar-refractivity contribution is 5.99. The number of para-hydroxylation sites is 1. The average molecular weight is 261 g/mol. The number of halogens is 2. The zero-order chi connectivity index (χ0) is 13.8. The molecule has 0 fully saturated rings. The van der Waals surface area contributed by atoms with E-state index in [9.17, 15) is 13.6 Å². The number of carbonyl (C=O) groups is 1. The van der Waals surface area contributed by atoms with E-state index in [2.05, 4.69) is 5.32 Å². The summed E-state index contributed by atoms with van der Waals surface area (Å²) in [5.41, 5.74) is 1.09. The third-order valence-corrected chi connectivity index (χ3v) is 2.79. The van der Waals surface area contributed by atoms with Crippen molar-refractivity contribution in [2.45, 2.75) is 6.92 Å². The zero-order valence-corrected chi connectivity index (χ0v) is 10.4. The van der Waals surface area contributed by atoms with Crippen molar-refractivity contribution in [1.29, 1.82) is 0 Å². The number of benzene rings is 2. The molecule has 0 heterocycles. The lowest BCUT2D eigenvalue weighted by atomic mass is 10.1. The summed E-state index contributed by atoms with van der Waals surface area (Å²) < 4.78 is 26.4. The number of carbonyl (C=O) groups excluding carboxylic acids is 1. The molecule has 2 aromatic carbocycles. The number of hydrogen-bond donors (Lipinski definition) is 1. The Bertz CT molecular complexity index is 611. The predicted octanol–water partition coefficient (Wildman–Crippen LogP) is 3.57. The van der Waals surface area contributed by atoms with Gasteiger partial charge in [-0.15, -0.1) is 0 Å². The first-order chi connectivity index (χ1) is 9.08. The van der Waals surface area contributed by atoms with Gasteiger partial charge in [0.05, 0.1) is 12.2 Å². The normalized spacial score (nSPS) is 10.3. The lowest BCUT2D eigenvalue weighted by molar-refractivity contribution is 0.101. The maximum Gasteiger partial charge on any atom is 0.181 e. The monoisotopic (exact) mass is 261 g/mol. The fourth-order valence-corrected chi connectivity index (χ4v) is 1.70. The molecule has 0 aromatic heterocycles. The molecule has 0 aliphatic carbocycles. The molecule has 0 aliphatic heterocycles. The summed E-state index contributed by atoms with van der Waals surface area (Å²) in [6, 6.07) is 10.3. The molecule has 0 saturated carbocycles. The van der Waals surface area contributed by atoms with Crippen LogP contribution in [-0.2, 0) is 0 Å². The van der Waals surface area contributed by atoms with Gasteiger partial charge in [-0.3, -0.25) is 4.79 Å². The topological polar surface area (TPSA) is 29.1 Å². The highest BCUT2D eigenvalue weighted by Crippen LogP contribution is 2.13. The number of nitrogens with one attached hydrogen (secondary N) is 1. The van der Waals surface area contributed by atoms with Gasteiger partial charge in [-0.2, -0.15) is 0 Å². The Morgan fingerprint density at radius 1 is 1.11 bits per heavy atom. The van der Waals surface area contributed by atoms with Gasteiger partial charge in [0, 0.05) is 5.56 Å². The molecular formula is C15H13F2NO. The van der Waals surface area contributed by atoms with Gasteiger partial charge in [0.25, 0.3) is 0 Å². The Morgan fingerprint density at radius 2 is 1.84 bits per heavy atom. The van der Waals surface area contributed by atoms with E-state index < -0.39 is 5.82 Å². The van der Waals surface area contributed by atoms with Crippen LogP contribution in [0.3, 0.4) is 0 Å². The second-order valence-electron chi connectivity index (χ2n) is 4.22. The Labute approximate surface area is 110 Å². The summed E-state index contributed by atoms with van der Waals surface area (Å²) in [6.45, 7) is 1.56. The first-order valence-electron chi connectivity index (χ1n) is 5.85. The van der Waals surface area contributed by atoms with E-state index in [0.717, 1.165) is 0 Å². The second kappa shape index (κ2) is 5.61. The summed E-state index contributed by atoms with van der Waals surface area (Å²) in [6.07, 6.45) is 0. The number of aryl methyl sites for hydroxylation is 1. The van der Waals surface area contributed by atoms with Gasteiger partial charge in [-0.1, -0.05) is 12.1 Å². The van der Waals surface area contributed by atoms with Gasteiger partial charge in [-0.05, 0) is 42.8 Å². The number of anilines is 1. The highest BCUT2D eigenvalue weighted by atomic mass is 19.1. The van der Waals surface area contributed by atoms with Crippen LogP contribution in [0, 0.1) is 18.6 Å².